The van der Waals surface area contributed by atoms with Gasteiger partial charge in [0.05, 0.1) is 5.25 Å². The van der Waals surface area contributed by atoms with E-state index in [-0.39, 0.29) is 36.0 Å². The minimum Gasteiger partial charge on any atom is -0.346 e. The van der Waals surface area contributed by atoms with Gasteiger partial charge in [-0.3, -0.25) is 4.79 Å². The second-order valence-electron chi connectivity index (χ2n) is 5.58. The first-order chi connectivity index (χ1) is 9.40. The quantitative estimate of drug-likeness (QED) is 0.310. The number of hydrogen-bond donors (Lipinski definition) is 0. The number of carbonyl (C=O) groups excluding carboxylic acids is 1. The van der Waals surface area contributed by atoms with Gasteiger partial charge in [-0.1, -0.05) is 58.3 Å². The molecule has 0 rings (SSSR count). The van der Waals surface area contributed by atoms with Crippen LogP contribution >= 0.6 is 0 Å². The topological polar surface area (TPSA) is 60.4 Å². The molecule has 0 fully saturated rings. The molecule has 121 valence electrons. The molecule has 0 bridgehead atoms. The van der Waals surface area contributed by atoms with E-state index in [9.17, 15) is 13.2 Å². The molecule has 4 nitrogen and oxygen atoms in total. The van der Waals surface area contributed by atoms with Crippen molar-refractivity contribution in [1.29, 1.82) is 0 Å². The molecule has 0 saturated heterocycles. The molecule has 0 atom stereocenters. The van der Waals surface area contributed by atoms with Gasteiger partial charge in [-0.15, -0.1) is 0 Å². The standard InChI is InChI=1S/C15H30O4S.Na/c1-4-5-6-7-8-9-10-11-12-13-15(16)19-20(17,18)14(2)3;/h14H,4-13H2,1-3H3;. The third-order valence-electron chi connectivity index (χ3n) is 3.27. The SMILES string of the molecule is CCCCCCCCCCCC(=O)OS(=O)(=O)C(C)C.[Na]. The second kappa shape index (κ2) is 14.0. The van der Waals surface area contributed by atoms with Crippen LogP contribution in [-0.4, -0.2) is 49.2 Å². The van der Waals surface area contributed by atoms with Crippen LogP contribution in [0, 0.1) is 0 Å². The van der Waals surface area contributed by atoms with Crippen LogP contribution in [0.5, 0.6) is 0 Å². The predicted octanol–water partition coefficient (Wildman–Crippen LogP) is 3.81. The van der Waals surface area contributed by atoms with E-state index in [1.165, 1.54) is 52.4 Å². The van der Waals surface area contributed by atoms with Gasteiger partial charge in [-0.2, -0.15) is 8.42 Å². The second-order valence-corrected chi connectivity index (χ2v) is 7.67. The van der Waals surface area contributed by atoms with Crippen molar-refractivity contribution < 1.29 is 17.4 Å². The molecular weight excluding hydrogens is 299 g/mol. The van der Waals surface area contributed by atoms with Gasteiger partial charge in [0, 0.05) is 36.0 Å². The first kappa shape index (κ1) is 23.7. The Labute approximate surface area is 152 Å². The Kier molecular flexibility index (Phi) is 15.8. The maximum Gasteiger partial charge on any atom is 0.322 e. The summed E-state index contributed by atoms with van der Waals surface area (Å²) in [6.45, 7) is 5.21. The summed E-state index contributed by atoms with van der Waals surface area (Å²) in [5.74, 6) is -0.623. The summed E-state index contributed by atoms with van der Waals surface area (Å²) in [6.07, 6.45) is 10.6. The van der Waals surface area contributed by atoms with Gasteiger partial charge in [-0.05, 0) is 20.3 Å². The first-order valence-corrected chi connectivity index (χ1v) is 9.33. The summed E-state index contributed by atoms with van der Waals surface area (Å²) >= 11 is 0. The molecule has 21 heavy (non-hydrogen) atoms. The van der Waals surface area contributed by atoms with E-state index in [0.717, 1.165) is 12.8 Å². The number of rotatable bonds is 12. The van der Waals surface area contributed by atoms with E-state index >= 15 is 0 Å². The molecule has 0 N–H and O–H groups in total. The van der Waals surface area contributed by atoms with Crippen LogP contribution < -0.4 is 0 Å². The van der Waals surface area contributed by atoms with Crippen LogP contribution in [0.4, 0.5) is 0 Å². The van der Waals surface area contributed by atoms with Gasteiger partial charge >= 0.3 is 16.1 Å². The van der Waals surface area contributed by atoms with Crippen LogP contribution in [0.2, 0.25) is 0 Å². The Morgan fingerprint density at radius 3 is 1.76 bits per heavy atom. The van der Waals surface area contributed by atoms with E-state index in [0.29, 0.717) is 6.42 Å². The summed E-state index contributed by atoms with van der Waals surface area (Å²) in [7, 11) is -3.71. The molecule has 0 heterocycles. The van der Waals surface area contributed by atoms with Gasteiger partial charge < -0.3 is 4.18 Å². The molecule has 0 unspecified atom stereocenters. The van der Waals surface area contributed by atoms with Crippen LogP contribution in [0.3, 0.4) is 0 Å². The Bertz CT molecular complexity index is 353. The van der Waals surface area contributed by atoms with Crippen molar-refractivity contribution in [2.24, 2.45) is 0 Å². The molecule has 0 saturated carbocycles. The summed E-state index contributed by atoms with van der Waals surface area (Å²) in [5, 5.41) is -0.672. The molecular formula is C15H30NaO4S. The molecule has 0 aromatic rings. The molecule has 0 aliphatic rings. The maximum absolute atomic E-state index is 11.4. The minimum absolute atomic E-state index is 0. The van der Waals surface area contributed by atoms with E-state index in [1.807, 2.05) is 0 Å². The van der Waals surface area contributed by atoms with Gasteiger partial charge in [0.1, 0.15) is 0 Å². The van der Waals surface area contributed by atoms with Crippen molar-refractivity contribution in [2.45, 2.75) is 90.2 Å². The molecule has 0 aromatic carbocycles. The van der Waals surface area contributed by atoms with E-state index in [4.69, 9.17) is 0 Å². The summed E-state index contributed by atoms with van der Waals surface area (Å²) in [5.41, 5.74) is 0. The van der Waals surface area contributed by atoms with Crippen molar-refractivity contribution in [3.63, 3.8) is 0 Å². The fraction of sp³-hybridized carbons (Fsp3) is 0.933. The zero-order valence-corrected chi connectivity index (χ0v) is 17.0. The fourth-order valence-corrected chi connectivity index (χ4v) is 2.38. The van der Waals surface area contributed by atoms with Gasteiger partial charge in [0.15, 0.2) is 0 Å². The van der Waals surface area contributed by atoms with Crippen LogP contribution in [0.15, 0.2) is 0 Å². The molecule has 0 aliphatic heterocycles. The monoisotopic (exact) mass is 329 g/mol. The fourth-order valence-electron chi connectivity index (χ4n) is 1.85. The smallest absolute Gasteiger partial charge is 0.322 e. The van der Waals surface area contributed by atoms with Crippen LogP contribution in [0.25, 0.3) is 0 Å². The Morgan fingerprint density at radius 1 is 0.905 bits per heavy atom. The third-order valence-corrected chi connectivity index (χ3v) is 4.84. The zero-order chi connectivity index (χ0) is 15.4. The third kappa shape index (κ3) is 13.8. The van der Waals surface area contributed by atoms with Crippen molar-refractivity contribution in [3.8, 4) is 0 Å². The first-order valence-electron chi connectivity index (χ1n) is 7.86. The van der Waals surface area contributed by atoms with Gasteiger partial charge in [0.25, 0.3) is 0 Å². The summed E-state index contributed by atoms with van der Waals surface area (Å²) < 4.78 is 27.2. The van der Waals surface area contributed by atoms with Crippen molar-refractivity contribution in [3.05, 3.63) is 0 Å². The average molecular weight is 329 g/mol. The van der Waals surface area contributed by atoms with E-state index in [1.54, 1.807) is 0 Å². The Hall–Kier alpha value is 0.420. The van der Waals surface area contributed by atoms with Crippen LogP contribution in [0.1, 0.15) is 85.0 Å². The van der Waals surface area contributed by atoms with Gasteiger partial charge in [0.2, 0.25) is 0 Å². The van der Waals surface area contributed by atoms with Crippen molar-refractivity contribution in [2.75, 3.05) is 0 Å². The Balaban J connectivity index is 0. The number of unbranched alkanes of at least 4 members (excludes halogenated alkanes) is 8. The average Bonchev–Trinajstić information content (AvgIpc) is 2.36. The predicted molar refractivity (Wildman–Crippen MR) is 87.7 cm³/mol. The van der Waals surface area contributed by atoms with E-state index < -0.39 is 21.3 Å². The molecule has 0 spiro atoms. The summed E-state index contributed by atoms with van der Waals surface area (Å²) in [4.78, 5) is 11.4. The summed E-state index contributed by atoms with van der Waals surface area (Å²) in [6, 6.07) is 0. The zero-order valence-electron chi connectivity index (χ0n) is 14.2. The molecule has 6 heteroatoms. The molecule has 0 aliphatic carbocycles. The normalized spacial score (nSPS) is 11.2. The van der Waals surface area contributed by atoms with Crippen LogP contribution in [-0.2, 0) is 19.1 Å². The molecule has 0 amide bonds. The Morgan fingerprint density at radius 2 is 1.33 bits per heavy atom. The van der Waals surface area contributed by atoms with E-state index in [2.05, 4.69) is 11.1 Å². The van der Waals surface area contributed by atoms with Crippen molar-refractivity contribution in [1.82, 2.24) is 0 Å². The minimum atomic E-state index is -3.71. The maximum atomic E-state index is 11.4. The largest absolute Gasteiger partial charge is 0.346 e. The number of carbonyl (C=O) groups is 1. The van der Waals surface area contributed by atoms with Crippen molar-refractivity contribution >= 4 is 45.6 Å². The molecule has 1 radical (unpaired) electrons. The molecule has 0 aromatic heterocycles. The number of hydrogen-bond acceptors (Lipinski definition) is 4. The van der Waals surface area contributed by atoms with Gasteiger partial charge in [-0.25, -0.2) is 0 Å².